The van der Waals surface area contributed by atoms with Crippen LogP contribution in [0.4, 0.5) is 0 Å². The normalized spacial score (nSPS) is 10.7. The van der Waals surface area contributed by atoms with E-state index in [2.05, 4.69) is 56.3 Å². The number of aryl methyl sites for hydroxylation is 2. The van der Waals surface area contributed by atoms with Crippen LogP contribution in [-0.4, -0.2) is 43.6 Å². The van der Waals surface area contributed by atoms with Gasteiger partial charge in [-0.15, -0.1) is 22.7 Å². The summed E-state index contributed by atoms with van der Waals surface area (Å²) in [5, 5.41) is 3.47. The molecule has 7 rings (SSSR count). The molecule has 0 aliphatic rings. The van der Waals surface area contributed by atoms with E-state index < -0.39 is 6.89 Å². The Kier molecular flexibility index (Phi) is 13.7. The van der Waals surface area contributed by atoms with Gasteiger partial charge < -0.3 is 0 Å². The Labute approximate surface area is 311 Å². The molecule has 0 N–H and O–H groups in total. The summed E-state index contributed by atoms with van der Waals surface area (Å²) in [6.07, 6.45) is 10.6. The van der Waals surface area contributed by atoms with Crippen LogP contribution in [0.15, 0.2) is 157 Å². The minimum absolute atomic E-state index is 0.00186. The number of carbonyl (C=O) groups excluding carboxylic acids is 3. The summed E-state index contributed by atoms with van der Waals surface area (Å²) < 4.78 is 0. The van der Waals surface area contributed by atoms with Gasteiger partial charge in [-0.1, -0.05) is 91.0 Å². The van der Waals surface area contributed by atoms with Gasteiger partial charge in [0.1, 0.15) is 5.69 Å². The molecule has 3 aromatic carbocycles. The number of allylic oxidation sites excluding steroid dienone is 1. The zero-order chi connectivity index (χ0) is 36.6. The van der Waals surface area contributed by atoms with E-state index in [9.17, 15) is 14.4 Å². The number of rotatable bonds is 9. The van der Waals surface area contributed by atoms with Crippen LogP contribution in [0, 0.1) is 13.8 Å². The molecule has 0 radical (unpaired) electrons. The minimum atomic E-state index is -2.28. The van der Waals surface area contributed by atoms with E-state index >= 15 is 0 Å². The fourth-order valence-corrected chi connectivity index (χ4v) is 9.96. The number of Topliss-reactive ketones (excluding diaryl/α,β-unsaturated/α-hetero) is 1. The summed E-state index contributed by atoms with van der Waals surface area (Å²) in [4.78, 5) is 53.1. The molecule has 0 saturated carbocycles. The van der Waals surface area contributed by atoms with E-state index in [-0.39, 0.29) is 11.6 Å². The number of thiazole rings is 2. The molecule has 10 heteroatoms. The van der Waals surface area contributed by atoms with Gasteiger partial charge >= 0.3 is 0 Å². The van der Waals surface area contributed by atoms with E-state index in [1.807, 2.05) is 80.3 Å². The predicted octanol–water partition coefficient (Wildman–Crippen LogP) is 8.07. The lowest BCUT2D eigenvalue weighted by Crippen LogP contribution is -2.28. The zero-order valence-electron chi connectivity index (χ0n) is 28.5. The standard InChI is InChI=1S/C25H20NOP.C12H10N2OS.C5H5NOS/c27-25(21-11-10-18-26-19-21)20-28(22-12-4-1-5-13-22,23-14-6-2-7-15-23)24-16-8-3-9-17-24;1-9-11(14-8-16-9)4-5-12(15)10-3-2-6-13-7-10;1-4-5(2-7)6-3-8-4/h1-20H;2-8H,1H3;2-3H,1H3/b;5-4+;. The molecule has 0 spiro atoms. The lowest BCUT2D eigenvalue weighted by molar-refractivity contribution is 0.104. The number of nitrogens with zero attached hydrogens (tertiary/aromatic N) is 4. The second-order valence-corrected chi connectivity index (χ2v) is 16.5. The first-order chi connectivity index (χ1) is 25.4. The van der Waals surface area contributed by atoms with E-state index in [1.54, 1.807) is 71.4 Å². The van der Waals surface area contributed by atoms with Crippen LogP contribution in [0.1, 0.15) is 46.7 Å². The number of hydrogen-bond acceptors (Lipinski definition) is 9. The van der Waals surface area contributed by atoms with Gasteiger partial charge in [-0.25, -0.2) is 9.97 Å². The Morgan fingerprint density at radius 1 is 0.577 bits per heavy atom. The van der Waals surface area contributed by atoms with Crippen molar-refractivity contribution in [1.82, 2.24) is 19.9 Å². The Bertz CT molecular complexity index is 2170. The second kappa shape index (κ2) is 19.0. The highest BCUT2D eigenvalue weighted by atomic mass is 32.1. The Hall–Kier alpha value is -5.73. The van der Waals surface area contributed by atoms with Gasteiger partial charge in [0.15, 0.2) is 17.9 Å². The minimum Gasteiger partial charge on any atom is -0.296 e. The average molecular weight is 739 g/mol. The molecule has 0 unspecified atom stereocenters. The van der Waals surface area contributed by atoms with Crippen LogP contribution in [0.25, 0.3) is 6.08 Å². The zero-order valence-corrected chi connectivity index (χ0v) is 31.0. The van der Waals surface area contributed by atoms with E-state index in [1.165, 1.54) is 17.4 Å². The van der Waals surface area contributed by atoms with Crippen molar-refractivity contribution >= 4 is 75.2 Å². The maximum atomic E-state index is 13.3. The molecule has 4 aromatic heterocycles. The van der Waals surface area contributed by atoms with Crippen molar-refractivity contribution in [2.24, 2.45) is 0 Å². The molecule has 52 heavy (non-hydrogen) atoms. The fourth-order valence-electron chi connectivity index (χ4n) is 5.08. The van der Waals surface area contributed by atoms with Crippen molar-refractivity contribution in [1.29, 1.82) is 0 Å². The van der Waals surface area contributed by atoms with Gasteiger partial charge in [0.2, 0.25) is 0 Å². The number of hydrogen-bond donors (Lipinski definition) is 0. The molecule has 0 saturated heterocycles. The maximum Gasteiger partial charge on any atom is 0.188 e. The van der Waals surface area contributed by atoms with Gasteiger partial charge in [-0.05, 0) is 78.9 Å². The summed E-state index contributed by atoms with van der Waals surface area (Å²) in [5.74, 6) is 1.88. The maximum absolute atomic E-state index is 13.3. The third-order valence-corrected chi connectivity index (χ3v) is 13.3. The SMILES string of the molecule is Cc1scnc1/C=C/C(=O)c1cccnc1.Cc1scnc1C=O.O=C(C=P(c1ccccc1)(c1ccccc1)c1ccccc1)c1cccnc1. The number of carbonyl (C=O) groups is 3. The highest BCUT2D eigenvalue weighted by Gasteiger charge is 2.26. The summed E-state index contributed by atoms with van der Waals surface area (Å²) >= 11 is 3.05. The number of benzene rings is 3. The molecule has 7 aromatic rings. The molecular formula is C42H35N4O3PS2. The number of ketones is 2. The average Bonchev–Trinajstić information content (AvgIpc) is 3.84. The van der Waals surface area contributed by atoms with Crippen LogP contribution < -0.4 is 15.9 Å². The van der Waals surface area contributed by atoms with Crippen molar-refractivity contribution in [3.8, 4) is 0 Å². The van der Waals surface area contributed by atoms with Gasteiger partial charge in [-0.3, -0.25) is 24.4 Å². The van der Waals surface area contributed by atoms with Crippen LogP contribution in [0.2, 0.25) is 0 Å². The lowest BCUT2D eigenvalue weighted by atomic mass is 10.2. The fraction of sp³-hybridized carbons (Fsp3) is 0.0476. The van der Waals surface area contributed by atoms with Gasteiger partial charge in [0.05, 0.1) is 16.7 Å². The molecule has 4 heterocycles. The predicted molar refractivity (Wildman–Crippen MR) is 216 cm³/mol. The molecule has 0 aliphatic heterocycles. The number of aldehydes is 1. The summed E-state index contributed by atoms with van der Waals surface area (Å²) in [5.41, 5.74) is 6.04. The van der Waals surface area contributed by atoms with Crippen LogP contribution in [-0.2, 0) is 0 Å². The van der Waals surface area contributed by atoms with Crippen LogP contribution in [0.3, 0.4) is 0 Å². The monoisotopic (exact) mass is 738 g/mol. The third-order valence-electron chi connectivity index (χ3n) is 7.76. The Morgan fingerprint density at radius 2 is 1.02 bits per heavy atom. The van der Waals surface area contributed by atoms with Crippen molar-refractivity contribution < 1.29 is 14.4 Å². The molecule has 0 bridgehead atoms. The van der Waals surface area contributed by atoms with Crippen molar-refractivity contribution in [3.05, 3.63) is 189 Å². The highest BCUT2D eigenvalue weighted by Crippen LogP contribution is 2.43. The van der Waals surface area contributed by atoms with Crippen LogP contribution >= 0.6 is 29.6 Å². The summed E-state index contributed by atoms with van der Waals surface area (Å²) in [6, 6.07) is 38.1. The Morgan fingerprint density at radius 3 is 1.38 bits per heavy atom. The summed E-state index contributed by atoms with van der Waals surface area (Å²) in [7, 11) is 0. The van der Waals surface area contributed by atoms with E-state index in [0.717, 1.165) is 37.6 Å². The first-order valence-electron chi connectivity index (χ1n) is 16.2. The molecule has 7 nitrogen and oxygen atoms in total. The molecule has 0 aliphatic carbocycles. The topological polar surface area (TPSA) is 103 Å². The molecule has 0 atom stereocenters. The first-order valence-corrected chi connectivity index (χ1v) is 19.8. The van der Waals surface area contributed by atoms with Crippen molar-refractivity contribution in [3.63, 3.8) is 0 Å². The van der Waals surface area contributed by atoms with Gasteiger partial charge in [0, 0.05) is 45.7 Å². The summed E-state index contributed by atoms with van der Waals surface area (Å²) in [6.45, 7) is 1.58. The second-order valence-electron chi connectivity index (χ2n) is 11.1. The van der Waals surface area contributed by atoms with E-state index in [4.69, 9.17) is 0 Å². The van der Waals surface area contributed by atoms with Gasteiger partial charge in [-0.2, -0.15) is 0 Å². The molecular weight excluding hydrogens is 704 g/mol. The smallest absolute Gasteiger partial charge is 0.188 e. The quantitative estimate of drug-likeness (QED) is 0.0639. The largest absolute Gasteiger partial charge is 0.296 e. The number of pyridine rings is 2. The van der Waals surface area contributed by atoms with Crippen LogP contribution in [0.5, 0.6) is 0 Å². The van der Waals surface area contributed by atoms with Crippen molar-refractivity contribution in [2.45, 2.75) is 13.8 Å². The van der Waals surface area contributed by atoms with Crippen molar-refractivity contribution in [2.75, 3.05) is 0 Å². The molecule has 0 amide bonds. The third kappa shape index (κ3) is 9.74. The molecule has 0 fully saturated rings. The Balaban J connectivity index is 0.000000182. The van der Waals surface area contributed by atoms with E-state index in [0.29, 0.717) is 16.8 Å². The number of aromatic nitrogens is 4. The van der Waals surface area contributed by atoms with Gasteiger partial charge in [0.25, 0.3) is 0 Å². The lowest BCUT2D eigenvalue weighted by Gasteiger charge is -2.28. The first kappa shape index (κ1) is 37.5. The molecule has 258 valence electrons. The highest BCUT2D eigenvalue weighted by molar-refractivity contribution is 7.95.